The van der Waals surface area contributed by atoms with Gasteiger partial charge in [0.25, 0.3) is 0 Å². The van der Waals surface area contributed by atoms with Crippen molar-refractivity contribution in [2.75, 3.05) is 26.2 Å². The third-order valence-electron chi connectivity index (χ3n) is 4.27. The lowest BCUT2D eigenvalue weighted by Crippen LogP contribution is -2.58. The molecule has 0 aromatic carbocycles. The maximum atomic E-state index is 5.85. The zero-order chi connectivity index (χ0) is 13.7. The van der Waals surface area contributed by atoms with Crippen LogP contribution in [0.4, 0.5) is 0 Å². The SMILES string of the molecule is CC(N)CCN1CCN(CCC(C)N)C(C)C1C. The quantitative estimate of drug-likeness (QED) is 0.740. The second kappa shape index (κ2) is 7.43. The van der Waals surface area contributed by atoms with Crippen LogP contribution in [0.5, 0.6) is 0 Å². The summed E-state index contributed by atoms with van der Waals surface area (Å²) in [5.41, 5.74) is 11.7. The van der Waals surface area contributed by atoms with Crippen molar-refractivity contribution in [1.82, 2.24) is 9.80 Å². The fraction of sp³-hybridized carbons (Fsp3) is 1.00. The Balaban J connectivity index is 2.39. The minimum atomic E-state index is 0.309. The molecule has 0 aromatic rings. The van der Waals surface area contributed by atoms with Gasteiger partial charge in [-0.3, -0.25) is 9.80 Å². The van der Waals surface area contributed by atoms with E-state index in [-0.39, 0.29) is 0 Å². The molecule has 0 saturated carbocycles. The summed E-state index contributed by atoms with van der Waals surface area (Å²) < 4.78 is 0. The van der Waals surface area contributed by atoms with Crippen molar-refractivity contribution in [2.45, 2.75) is 64.7 Å². The van der Waals surface area contributed by atoms with Gasteiger partial charge in [-0.2, -0.15) is 0 Å². The van der Waals surface area contributed by atoms with Crippen LogP contribution in [0.25, 0.3) is 0 Å². The Bertz CT molecular complexity index is 206. The molecular formula is C14H32N4. The summed E-state index contributed by atoms with van der Waals surface area (Å²) in [6, 6.07) is 1.85. The van der Waals surface area contributed by atoms with Crippen LogP contribution < -0.4 is 11.5 Å². The Hall–Kier alpha value is -0.160. The highest BCUT2D eigenvalue weighted by Crippen LogP contribution is 2.17. The third kappa shape index (κ3) is 4.84. The fourth-order valence-electron chi connectivity index (χ4n) is 2.64. The van der Waals surface area contributed by atoms with E-state index in [4.69, 9.17) is 11.5 Å². The summed E-state index contributed by atoms with van der Waals surface area (Å²) in [5, 5.41) is 0. The van der Waals surface area contributed by atoms with E-state index in [2.05, 4.69) is 37.5 Å². The molecule has 4 unspecified atom stereocenters. The highest BCUT2D eigenvalue weighted by Gasteiger charge is 2.29. The van der Waals surface area contributed by atoms with E-state index in [1.165, 1.54) is 0 Å². The number of rotatable bonds is 6. The number of piperazine rings is 1. The van der Waals surface area contributed by atoms with E-state index < -0.39 is 0 Å². The molecule has 4 heteroatoms. The van der Waals surface area contributed by atoms with Crippen LogP contribution in [0, 0.1) is 0 Å². The first-order valence-corrected chi connectivity index (χ1v) is 7.41. The highest BCUT2D eigenvalue weighted by molar-refractivity contribution is 4.86. The van der Waals surface area contributed by atoms with Gasteiger partial charge in [0.15, 0.2) is 0 Å². The summed E-state index contributed by atoms with van der Waals surface area (Å²) in [5.74, 6) is 0. The minimum absolute atomic E-state index is 0.309. The second-order valence-electron chi connectivity index (χ2n) is 6.09. The number of hydrogen-bond acceptors (Lipinski definition) is 4. The normalized spacial score (nSPS) is 30.3. The van der Waals surface area contributed by atoms with Crippen molar-refractivity contribution in [3.05, 3.63) is 0 Å². The standard InChI is InChI=1S/C14H32N4/c1-11(15)5-7-17-9-10-18(8-6-12(2)16)14(4)13(17)3/h11-14H,5-10,15-16H2,1-4H3. The number of nitrogens with zero attached hydrogens (tertiary/aromatic N) is 2. The second-order valence-corrected chi connectivity index (χ2v) is 6.09. The predicted octanol–water partition coefficient (Wildman–Crippen LogP) is 0.856. The Morgan fingerprint density at radius 1 is 0.889 bits per heavy atom. The number of hydrogen-bond donors (Lipinski definition) is 2. The van der Waals surface area contributed by atoms with E-state index in [9.17, 15) is 0 Å². The molecule has 0 radical (unpaired) electrons. The zero-order valence-electron chi connectivity index (χ0n) is 12.6. The van der Waals surface area contributed by atoms with Crippen molar-refractivity contribution >= 4 is 0 Å². The Morgan fingerprint density at radius 3 is 1.50 bits per heavy atom. The molecular weight excluding hydrogens is 224 g/mol. The first-order chi connectivity index (χ1) is 8.41. The average Bonchev–Trinajstić information content (AvgIpc) is 2.29. The van der Waals surface area contributed by atoms with Crippen molar-refractivity contribution in [1.29, 1.82) is 0 Å². The lowest BCUT2D eigenvalue weighted by atomic mass is 10.0. The van der Waals surface area contributed by atoms with Gasteiger partial charge >= 0.3 is 0 Å². The van der Waals surface area contributed by atoms with Crippen LogP contribution >= 0.6 is 0 Å². The van der Waals surface area contributed by atoms with Crippen LogP contribution in [-0.2, 0) is 0 Å². The molecule has 1 heterocycles. The van der Waals surface area contributed by atoms with Crippen LogP contribution in [-0.4, -0.2) is 60.1 Å². The van der Waals surface area contributed by atoms with Crippen molar-refractivity contribution in [2.24, 2.45) is 11.5 Å². The Labute approximate surface area is 113 Å². The van der Waals surface area contributed by atoms with E-state index >= 15 is 0 Å². The lowest BCUT2D eigenvalue weighted by Gasteiger charge is -2.45. The summed E-state index contributed by atoms with van der Waals surface area (Å²) in [7, 11) is 0. The summed E-state index contributed by atoms with van der Waals surface area (Å²) >= 11 is 0. The summed E-state index contributed by atoms with van der Waals surface area (Å²) in [6.45, 7) is 13.4. The van der Waals surface area contributed by atoms with E-state index in [0.29, 0.717) is 24.2 Å². The first kappa shape index (κ1) is 15.9. The van der Waals surface area contributed by atoms with Gasteiger partial charge in [-0.25, -0.2) is 0 Å². The van der Waals surface area contributed by atoms with Crippen LogP contribution in [0.2, 0.25) is 0 Å². The molecule has 4 N–H and O–H groups in total. The zero-order valence-corrected chi connectivity index (χ0v) is 12.6. The molecule has 18 heavy (non-hydrogen) atoms. The molecule has 1 rings (SSSR count). The van der Waals surface area contributed by atoms with Gasteiger partial charge < -0.3 is 11.5 Å². The summed E-state index contributed by atoms with van der Waals surface area (Å²) in [4.78, 5) is 5.16. The van der Waals surface area contributed by atoms with Gasteiger partial charge in [-0.05, 0) is 53.6 Å². The number of nitrogens with two attached hydrogens (primary N) is 2. The van der Waals surface area contributed by atoms with E-state index in [1.807, 2.05) is 0 Å². The topological polar surface area (TPSA) is 58.5 Å². The van der Waals surface area contributed by atoms with Crippen LogP contribution in [0.3, 0.4) is 0 Å². The fourth-order valence-corrected chi connectivity index (χ4v) is 2.64. The van der Waals surface area contributed by atoms with Crippen LogP contribution in [0.1, 0.15) is 40.5 Å². The van der Waals surface area contributed by atoms with E-state index in [0.717, 1.165) is 39.0 Å². The molecule has 1 saturated heterocycles. The minimum Gasteiger partial charge on any atom is -0.328 e. The molecule has 0 aliphatic carbocycles. The molecule has 1 aliphatic heterocycles. The maximum absolute atomic E-state index is 5.85. The molecule has 1 aliphatic rings. The lowest BCUT2D eigenvalue weighted by molar-refractivity contribution is 0.0330. The van der Waals surface area contributed by atoms with Crippen molar-refractivity contribution < 1.29 is 0 Å². The predicted molar refractivity (Wildman–Crippen MR) is 78.6 cm³/mol. The smallest absolute Gasteiger partial charge is 0.0221 e. The van der Waals surface area contributed by atoms with Gasteiger partial charge in [-0.15, -0.1) is 0 Å². The highest BCUT2D eigenvalue weighted by atomic mass is 15.3. The average molecular weight is 256 g/mol. The molecule has 0 amide bonds. The largest absolute Gasteiger partial charge is 0.328 e. The molecule has 0 bridgehead atoms. The van der Waals surface area contributed by atoms with Gasteiger partial charge in [0.2, 0.25) is 0 Å². The molecule has 4 nitrogen and oxygen atoms in total. The monoisotopic (exact) mass is 256 g/mol. The van der Waals surface area contributed by atoms with Gasteiger partial charge in [0.05, 0.1) is 0 Å². The molecule has 1 fully saturated rings. The van der Waals surface area contributed by atoms with Crippen molar-refractivity contribution in [3.8, 4) is 0 Å². The maximum Gasteiger partial charge on any atom is 0.0221 e. The molecule has 0 spiro atoms. The van der Waals surface area contributed by atoms with Gasteiger partial charge in [0, 0.05) is 37.3 Å². The molecule has 4 atom stereocenters. The van der Waals surface area contributed by atoms with Gasteiger partial charge in [-0.1, -0.05) is 0 Å². The van der Waals surface area contributed by atoms with Gasteiger partial charge in [0.1, 0.15) is 0 Å². The summed E-state index contributed by atoms with van der Waals surface area (Å²) in [6.07, 6.45) is 2.19. The van der Waals surface area contributed by atoms with E-state index in [1.54, 1.807) is 0 Å². The third-order valence-corrected chi connectivity index (χ3v) is 4.27. The van der Waals surface area contributed by atoms with Crippen LogP contribution in [0.15, 0.2) is 0 Å². The Morgan fingerprint density at radius 2 is 1.22 bits per heavy atom. The molecule has 0 aromatic heterocycles. The molecule has 108 valence electrons. The first-order valence-electron chi connectivity index (χ1n) is 7.41. The van der Waals surface area contributed by atoms with Crippen molar-refractivity contribution in [3.63, 3.8) is 0 Å². The Kier molecular flexibility index (Phi) is 6.57.